The van der Waals surface area contributed by atoms with Crippen molar-refractivity contribution in [2.75, 3.05) is 20.1 Å². The van der Waals surface area contributed by atoms with Gasteiger partial charge in [0.1, 0.15) is 0 Å². The van der Waals surface area contributed by atoms with Crippen LogP contribution in [-0.2, 0) is 9.59 Å². The van der Waals surface area contributed by atoms with Crippen LogP contribution in [-0.4, -0.2) is 49.0 Å². The number of likely N-dealkylation sites (N-methyl/N-ethyl adjacent to an activating group) is 1. The molecule has 9 heteroatoms. The molecule has 0 unspecified atom stereocenters. The number of carboxylic acid groups (broad SMARTS) is 2. The maximum absolute atomic E-state index is 9.93. The van der Waals surface area contributed by atoms with Gasteiger partial charge < -0.3 is 41.9 Å². The minimum atomic E-state index is -1.24. The first-order valence-electron chi connectivity index (χ1n) is 5.13. The lowest BCUT2D eigenvalue weighted by Crippen LogP contribution is -2.41. The molecule has 0 saturated carbocycles. The Morgan fingerprint density at radius 3 is 1.86 bits per heavy atom. The number of nitrogens with two attached hydrogens (primary N) is 3. The third-order valence-corrected chi connectivity index (χ3v) is 1.80. The number of carbonyl (C=O) groups is 2. The monoisotopic (exact) mass is 309 g/mol. The van der Waals surface area contributed by atoms with Crippen LogP contribution in [0.25, 0.3) is 0 Å². The zero-order valence-corrected chi connectivity index (χ0v) is 10.2. The molecule has 0 rings (SSSR count). The number of hydrogen-bond donors (Lipinski definition) is 4. The van der Waals surface area contributed by atoms with Crippen LogP contribution in [0.5, 0.6) is 0 Å². The Morgan fingerprint density at radius 1 is 1.24 bits per heavy atom. The molecule has 0 aromatic rings. The number of carboxylic acids is 2. The van der Waals surface area contributed by atoms with Crippen LogP contribution in [0.4, 0.5) is 0 Å². The van der Waals surface area contributed by atoms with E-state index < -0.39 is 18.0 Å². The summed E-state index contributed by atoms with van der Waals surface area (Å²) in [6, 6.07) is -0.853. The first-order valence-corrected chi connectivity index (χ1v) is 5.13. The van der Waals surface area contributed by atoms with Crippen molar-refractivity contribution in [3.8, 4) is 0 Å². The quantitative estimate of drug-likeness (QED) is 0.301. The zero-order chi connectivity index (χ0) is 14.7. The van der Waals surface area contributed by atoms with E-state index in [1.54, 1.807) is 0 Å². The van der Waals surface area contributed by atoms with Crippen molar-refractivity contribution < 1.29 is 19.8 Å². The molecule has 0 aromatic heterocycles. The largest absolute Gasteiger partial charge is 0.548 e. The van der Waals surface area contributed by atoms with Gasteiger partial charge >= 0.3 is 0 Å². The van der Waals surface area contributed by atoms with Crippen molar-refractivity contribution in [2.45, 2.75) is 41.2 Å². The third-order valence-electron chi connectivity index (χ3n) is 1.80. The number of carbonyl (C=O) groups excluding carboxylic acids is 2. The molecule has 0 bridgehead atoms. The average molecular weight is 309 g/mol. The molecule has 21 heavy (non-hydrogen) atoms. The van der Waals surface area contributed by atoms with Gasteiger partial charge in [0.2, 0.25) is 0 Å². The second-order valence-corrected chi connectivity index (χ2v) is 3.47. The van der Waals surface area contributed by atoms with Gasteiger partial charge in [0.15, 0.2) is 5.96 Å². The number of aliphatic carboxylic acids is 2. The van der Waals surface area contributed by atoms with E-state index in [1.807, 2.05) is 0 Å². The lowest BCUT2D eigenvalue weighted by Gasteiger charge is -2.16. The van der Waals surface area contributed by atoms with Crippen LogP contribution < -0.4 is 27.4 Å². The molecule has 7 N–H and O–H groups in total. The lowest BCUT2D eigenvalue weighted by atomic mass is 10.2. The van der Waals surface area contributed by atoms with Gasteiger partial charge in [0, 0.05) is 13.1 Å². The zero-order valence-electron chi connectivity index (χ0n) is 10.2. The topological polar surface area (TPSA) is 185 Å². The molecule has 0 aliphatic rings. The molecule has 0 radical (unpaired) electrons. The number of guanidine groups is 1. The van der Waals surface area contributed by atoms with E-state index >= 15 is 0 Å². The molecule has 130 valence electrons. The first kappa shape index (κ1) is 31.5. The fraction of sp³-hybridized carbons (Fsp3) is 0.750. The Kier molecular flexibility index (Phi) is 27.2. The van der Waals surface area contributed by atoms with E-state index in [0.717, 1.165) is 4.90 Å². The van der Waals surface area contributed by atoms with Gasteiger partial charge in [-0.2, -0.15) is 0 Å². The molecule has 0 aliphatic heterocycles. The summed E-state index contributed by atoms with van der Waals surface area (Å²) >= 11 is 0. The Bertz CT molecular complexity index is 287. The van der Waals surface area contributed by atoms with Gasteiger partial charge in [-0.1, -0.05) is 22.3 Å². The van der Waals surface area contributed by atoms with Crippen LogP contribution in [0, 0.1) is 5.41 Å². The predicted molar refractivity (Wildman–Crippen MR) is 81.0 cm³/mol. The number of nitrogens with one attached hydrogen (secondary N) is 1. The average Bonchev–Trinajstić information content (AvgIpc) is 2.25. The van der Waals surface area contributed by atoms with Gasteiger partial charge in [0.05, 0.1) is 18.5 Å². The number of nitrogens with zero attached hydrogens (tertiary/aromatic N) is 1. The van der Waals surface area contributed by atoms with Gasteiger partial charge in [-0.25, -0.2) is 0 Å². The van der Waals surface area contributed by atoms with E-state index in [4.69, 9.17) is 22.6 Å². The lowest BCUT2D eigenvalue weighted by molar-refractivity contribution is -0.308. The minimum Gasteiger partial charge on any atom is -0.548 e. The molecule has 0 fully saturated rings. The van der Waals surface area contributed by atoms with Crippen molar-refractivity contribution in [2.24, 2.45) is 17.2 Å². The van der Waals surface area contributed by atoms with Crippen molar-refractivity contribution in [3.05, 3.63) is 0 Å². The fourth-order valence-corrected chi connectivity index (χ4v) is 0.734. The fourth-order valence-electron chi connectivity index (χ4n) is 0.734. The van der Waals surface area contributed by atoms with Crippen LogP contribution >= 0.6 is 0 Å². The van der Waals surface area contributed by atoms with E-state index in [9.17, 15) is 19.8 Å². The van der Waals surface area contributed by atoms with Crippen LogP contribution in [0.1, 0.15) is 35.1 Å². The molecule has 1 atom stereocenters. The van der Waals surface area contributed by atoms with E-state index in [0.29, 0.717) is 19.4 Å². The predicted octanol–water partition coefficient (Wildman–Crippen LogP) is -2.73. The summed E-state index contributed by atoms with van der Waals surface area (Å²) in [6.07, 6.45) is 1.04. The van der Waals surface area contributed by atoms with E-state index in [1.165, 1.54) is 7.05 Å². The molecule has 0 aliphatic carbocycles. The SMILES string of the molecule is C.C.C.CN(CC(=O)[O-])C(=N)N.NCCC[C@@H](N)C(=O)[O-]. The van der Waals surface area contributed by atoms with Crippen LogP contribution in [0.3, 0.4) is 0 Å². The highest BCUT2D eigenvalue weighted by atomic mass is 16.4. The Balaban J connectivity index is -0.0000000711. The van der Waals surface area contributed by atoms with Crippen LogP contribution in [0.2, 0.25) is 0 Å². The molecule has 0 heterocycles. The molecule has 9 nitrogen and oxygen atoms in total. The van der Waals surface area contributed by atoms with Crippen molar-refractivity contribution in [1.82, 2.24) is 4.90 Å². The summed E-state index contributed by atoms with van der Waals surface area (Å²) in [6.45, 7) is 0.135. The first-order chi connectivity index (χ1) is 8.22. The van der Waals surface area contributed by atoms with Gasteiger partial charge in [-0.05, 0) is 19.4 Å². The summed E-state index contributed by atoms with van der Waals surface area (Å²) in [4.78, 5) is 20.8. The van der Waals surface area contributed by atoms with Crippen molar-refractivity contribution in [1.29, 1.82) is 5.41 Å². The van der Waals surface area contributed by atoms with Crippen LogP contribution in [0.15, 0.2) is 0 Å². The molecule has 0 aromatic carbocycles. The normalized spacial score (nSPS) is 9.29. The summed E-state index contributed by atoms with van der Waals surface area (Å²) in [5.74, 6) is -2.73. The van der Waals surface area contributed by atoms with Gasteiger partial charge in [-0.15, -0.1) is 0 Å². The second kappa shape index (κ2) is 18.1. The molecular formula is C12H31N5O4-2. The van der Waals surface area contributed by atoms with Crippen molar-refractivity contribution in [3.63, 3.8) is 0 Å². The minimum absolute atomic E-state index is 0. The highest BCUT2D eigenvalue weighted by Gasteiger charge is 2.00. The van der Waals surface area contributed by atoms with Crippen molar-refractivity contribution >= 4 is 17.9 Å². The van der Waals surface area contributed by atoms with E-state index in [-0.39, 0.29) is 34.8 Å². The Morgan fingerprint density at radius 2 is 1.67 bits per heavy atom. The smallest absolute Gasteiger partial charge is 0.188 e. The third kappa shape index (κ3) is 23.6. The molecule has 0 amide bonds. The van der Waals surface area contributed by atoms with Gasteiger partial charge in [-0.3, -0.25) is 5.41 Å². The maximum Gasteiger partial charge on any atom is 0.188 e. The molecule has 0 saturated heterocycles. The maximum atomic E-state index is 9.93. The standard InChI is InChI=1S/C5H12N2O2.C4H9N3O2.3CH4/c6-3-1-2-4(7)5(8)9;1-7(4(5)6)2-3(8)9;;;/h4H,1-3,6-7H2,(H,8,9);2H2,1H3,(H3,5,6)(H,8,9);3*1H4/p-2/t4-;;;;/m1..../s1. The van der Waals surface area contributed by atoms with Gasteiger partial charge in [0.25, 0.3) is 0 Å². The highest BCUT2D eigenvalue weighted by molar-refractivity contribution is 5.79. The molecule has 0 spiro atoms. The summed E-state index contributed by atoms with van der Waals surface area (Å²) in [5.41, 5.74) is 15.1. The number of rotatable bonds is 6. The summed E-state index contributed by atoms with van der Waals surface area (Å²) < 4.78 is 0. The Hall–Kier alpha value is -1.87. The van der Waals surface area contributed by atoms with E-state index in [2.05, 4.69) is 0 Å². The summed E-state index contributed by atoms with van der Waals surface area (Å²) in [5, 5.41) is 26.4. The second-order valence-electron chi connectivity index (χ2n) is 3.47. The highest BCUT2D eigenvalue weighted by Crippen LogP contribution is 1.89. The summed E-state index contributed by atoms with van der Waals surface area (Å²) in [7, 11) is 1.40. The Labute approximate surface area is 127 Å². The number of hydrogen-bond acceptors (Lipinski definition) is 7. The molecular weight excluding hydrogens is 278 g/mol.